The standard InChI is InChI=1S/C29H29N3O6/c1-30-24-20-10-6-7-11-21(20)32(18-22(33)19-8-4-3-5-9-19)27(34)23(24)26(36-2)25(30)28(35)31-14-12-29(13-15-31)37-16-17-38-29/h3-11H,12-18H2,1-2H3. The van der Waals surface area contributed by atoms with Crippen LogP contribution in [0.5, 0.6) is 5.75 Å². The van der Waals surface area contributed by atoms with Crippen molar-refractivity contribution in [1.82, 2.24) is 14.0 Å². The van der Waals surface area contributed by atoms with Crippen molar-refractivity contribution < 1.29 is 23.8 Å². The van der Waals surface area contributed by atoms with Crippen molar-refractivity contribution in [2.75, 3.05) is 33.4 Å². The van der Waals surface area contributed by atoms with Gasteiger partial charge in [0.25, 0.3) is 11.5 Å². The normalized spacial score (nSPS) is 16.9. The molecule has 0 radical (unpaired) electrons. The van der Waals surface area contributed by atoms with Crippen molar-refractivity contribution in [2.45, 2.75) is 25.2 Å². The molecule has 4 heterocycles. The highest BCUT2D eigenvalue weighted by molar-refractivity contribution is 6.12. The van der Waals surface area contributed by atoms with Gasteiger partial charge in [0.15, 0.2) is 23.0 Å². The van der Waals surface area contributed by atoms with Gasteiger partial charge in [-0.15, -0.1) is 0 Å². The number of Topliss-reactive ketones (excluding diaryl/α,β-unsaturated/α-hetero) is 1. The zero-order valence-corrected chi connectivity index (χ0v) is 21.4. The minimum absolute atomic E-state index is 0.130. The SMILES string of the molecule is COc1c(C(=O)N2CCC3(CC2)OCCO3)n(C)c2c1c(=O)n(CC(=O)c1ccccc1)c1ccccc21. The number of aryl methyl sites for hydroxylation is 1. The van der Waals surface area contributed by atoms with E-state index in [2.05, 4.69) is 0 Å². The van der Waals surface area contributed by atoms with Gasteiger partial charge in [-0.1, -0.05) is 48.5 Å². The van der Waals surface area contributed by atoms with Crippen molar-refractivity contribution >= 4 is 33.5 Å². The van der Waals surface area contributed by atoms with Gasteiger partial charge in [0, 0.05) is 43.9 Å². The molecule has 2 aromatic carbocycles. The fourth-order valence-corrected chi connectivity index (χ4v) is 5.77. The topological polar surface area (TPSA) is 92.0 Å². The molecule has 0 atom stereocenters. The third-order valence-corrected chi connectivity index (χ3v) is 7.69. The predicted molar refractivity (Wildman–Crippen MR) is 142 cm³/mol. The van der Waals surface area contributed by atoms with E-state index >= 15 is 0 Å². The molecule has 4 aromatic rings. The Morgan fingerprint density at radius 1 is 0.974 bits per heavy atom. The number of aromatic nitrogens is 2. The number of benzene rings is 2. The van der Waals surface area contributed by atoms with Crippen LogP contribution in [0.3, 0.4) is 0 Å². The van der Waals surface area contributed by atoms with Crippen LogP contribution in [-0.2, 0) is 23.1 Å². The molecule has 2 saturated heterocycles. The first-order valence-corrected chi connectivity index (χ1v) is 12.8. The summed E-state index contributed by atoms with van der Waals surface area (Å²) in [4.78, 5) is 42.7. The van der Waals surface area contributed by atoms with Crippen LogP contribution in [0.4, 0.5) is 0 Å². The van der Waals surface area contributed by atoms with Gasteiger partial charge in [-0.05, 0) is 6.07 Å². The summed E-state index contributed by atoms with van der Waals surface area (Å²) < 4.78 is 20.6. The van der Waals surface area contributed by atoms with E-state index in [0.29, 0.717) is 61.4 Å². The first kappa shape index (κ1) is 24.4. The van der Waals surface area contributed by atoms with Crippen LogP contribution >= 0.6 is 0 Å². The maximum absolute atomic E-state index is 14.0. The quantitative estimate of drug-likeness (QED) is 0.379. The molecule has 1 amide bonds. The first-order chi connectivity index (χ1) is 18.4. The van der Waals surface area contributed by atoms with Gasteiger partial charge < -0.3 is 23.7 Å². The molecule has 0 N–H and O–H groups in total. The van der Waals surface area contributed by atoms with Gasteiger partial charge in [-0.3, -0.25) is 19.0 Å². The molecule has 2 aliphatic rings. The molecule has 9 nitrogen and oxygen atoms in total. The number of piperidine rings is 1. The molecule has 0 saturated carbocycles. The number of likely N-dealkylation sites (tertiary alicyclic amines) is 1. The largest absolute Gasteiger partial charge is 0.493 e. The van der Waals surface area contributed by atoms with E-state index in [-0.39, 0.29) is 34.9 Å². The molecule has 1 spiro atoms. The van der Waals surface area contributed by atoms with Crippen LogP contribution in [0.15, 0.2) is 59.4 Å². The number of nitrogens with zero attached hydrogens (tertiary/aromatic N) is 3. The lowest BCUT2D eigenvalue weighted by molar-refractivity contribution is -0.181. The Balaban J connectivity index is 1.47. The van der Waals surface area contributed by atoms with Gasteiger partial charge >= 0.3 is 0 Å². The molecule has 0 aliphatic carbocycles. The van der Waals surface area contributed by atoms with Crippen LogP contribution in [0, 0.1) is 0 Å². The van der Waals surface area contributed by atoms with E-state index in [1.165, 1.54) is 11.7 Å². The van der Waals surface area contributed by atoms with Crippen molar-refractivity contribution in [3.05, 3.63) is 76.2 Å². The number of rotatable bonds is 5. The summed E-state index contributed by atoms with van der Waals surface area (Å²) in [5.74, 6) is -0.779. The average Bonchev–Trinajstić information content (AvgIpc) is 3.53. The lowest BCUT2D eigenvalue weighted by Crippen LogP contribution is -2.47. The van der Waals surface area contributed by atoms with Crippen molar-refractivity contribution in [2.24, 2.45) is 7.05 Å². The molecule has 6 rings (SSSR count). The number of fused-ring (bicyclic) bond motifs is 3. The first-order valence-electron chi connectivity index (χ1n) is 12.8. The highest BCUT2D eigenvalue weighted by Gasteiger charge is 2.42. The summed E-state index contributed by atoms with van der Waals surface area (Å²) in [6.07, 6.45) is 1.17. The van der Waals surface area contributed by atoms with Gasteiger partial charge in [-0.2, -0.15) is 0 Å². The van der Waals surface area contributed by atoms with Gasteiger partial charge in [0.05, 0.1) is 37.9 Å². The smallest absolute Gasteiger partial charge is 0.274 e. The summed E-state index contributed by atoms with van der Waals surface area (Å²) in [5.41, 5.74) is 1.68. The number of para-hydroxylation sites is 1. The Morgan fingerprint density at radius 2 is 1.63 bits per heavy atom. The van der Waals surface area contributed by atoms with E-state index in [1.54, 1.807) is 40.8 Å². The second-order valence-corrected chi connectivity index (χ2v) is 9.76. The number of carbonyl (C=O) groups is 2. The van der Waals surface area contributed by atoms with E-state index in [4.69, 9.17) is 14.2 Å². The summed E-state index contributed by atoms with van der Waals surface area (Å²) >= 11 is 0. The third kappa shape index (κ3) is 3.81. The molecule has 196 valence electrons. The minimum atomic E-state index is -0.602. The maximum atomic E-state index is 14.0. The number of ketones is 1. The minimum Gasteiger partial charge on any atom is -0.493 e. The van der Waals surface area contributed by atoms with Gasteiger partial charge in [0.2, 0.25) is 0 Å². The number of carbonyl (C=O) groups excluding carboxylic acids is 2. The third-order valence-electron chi connectivity index (χ3n) is 7.69. The Morgan fingerprint density at radius 3 is 2.32 bits per heavy atom. The number of pyridine rings is 1. The van der Waals surface area contributed by atoms with Crippen LogP contribution < -0.4 is 10.3 Å². The number of hydrogen-bond acceptors (Lipinski definition) is 6. The van der Waals surface area contributed by atoms with Gasteiger partial charge in [-0.25, -0.2) is 0 Å². The molecule has 2 aromatic heterocycles. The molecular weight excluding hydrogens is 486 g/mol. The summed E-state index contributed by atoms with van der Waals surface area (Å²) in [7, 11) is 3.24. The number of amides is 1. The second-order valence-electron chi connectivity index (χ2n) is 9.76. The van der Waals surface area contributed by atoms with Gasteiger partial charge in [0.1, 0.15) is 5.39 Å². The molecule has 2 aliphatic heterocycles. The number of methoxy groups -OCH3 is 1. The highest BCUT2D eigenvalue weighted by Crippen LogP contribution is 2.37. The monoisotopic (exact) mass is 515 g/mol. The maximum Gasteiger partial charge on any atom is 0.274 e. The van der Waals surface area contributed by atoms with Crippen LogP contribution in [0.1, 0.15) is 33.7 Å². The van der Waals surface area contributed by atoms with Crippen LogP contribution in [-0.4, -0.2) is 64.9 Å². The van der Waals surface area contributed by atoms with Crippen LogP contribution in [0.25, 0.3) is 21.8 Å². The molecule has 0 bridgehead atoms. The fraction of sp³-hybridized carbons (Fsp3) is 0.345. The van der Waals surface area contributed by atoms with Crippen molar-refractivity contribution in [3.8, 4) is 5.75 Å². The Labute approximate surface area is 219 Å². The van der Waals surface area contributed by atoms with Crippen molar-refractivity contribution in [1.29, 1.82) is 0 Å². The number of ether oxygens (including phenoxy) is 3. The molecule has 9 heteroatoms. The summed E-state index contributed by atoms with van der Waals surface area (Å²) in [5, 5.41) is 1.04. The van der Waals surface area contributed by atoms with E-state index < -0.39 is 5.79 Å². The zero-order chi connectivity index (χ0) is 26.4. The molecule has 2 fully saturated rings. The summed E-state index contributed by atoms with van der Waals surface area (Å²) in [6.45, 7) is 1.95. The Bertz CT molecular complexity index is 1600. The lowest BCUT2D eigenvalue weighted by atomic mass is 10.0. The zero-order valence-electron chi connectivity index (χ0n) is 21.4. The summed E-state index contributed by atoms with van der Waals surface area (Å²) in [6, 6.07) is 16.3. The average molecular weight is 516 g/mol. The molecule has 0 unspecified atom stereocenters. The van der Waals surface area contributed by atoms with Crippen molar-refractivity contribution in [3.63, 3.8) is 0 Å². The Kier molecular flexibility index (Phi) is 6.04. The van der Waals surface area contributed by atoms with E-state index in [0.717, 1.165) is 5.39 Å². The number of hydrogen-bond donors (Lipinski definition) is 0. The second kappa shape index (κ2) is 9.41. The molecular formula is C29H29N3O6. The lowest BCUT2D eigenvalue weighted by Gasteiger charge is -2.37. The Hall–Kier alpha value is -3.95. The van der Waals surface area contributed by atoms with E-state index in [1.807, 2.05) is 30.3 Å². The fourth-order valence-electron chi connectivity index (χ4n) is 5.77. The predicted octanol–water partition coefficient (Wildman–Crippen LogP) is 3.36. The highest BCUT2D eigenvalue weighted by atomic mass is 16.7. The van der Waals surface area contributed by atoms with E-state index in [9.17, 15) is 14.4 Å². The van der Waals surface area contributed by atoms with Crippen LogP contribution in [0.2, 0.25) is 0 Å². The molecule has 38 heavy (non-hydrogen) atoms.